The van der Waals surface area contributed by atoms with Gasteiger partial charge in [-0.1, -0.05) is 25.0 Å². The zero-order valence-electron chi connectivity index (χ0n) is 11.8. The van der Waals surface area contributed by atoms with Crippen LogP contribution in [0.25, 0.3) is 0 Å². The lowest BCUT2D eigenvalue weighted by atomic mass is 9.79. The van der Waals surface area contributed by atoms with Crippen molar-refractivity contribution >= 4 is 17.9 Å². The minimum absolute atomic E-state index is 0.0200. The van der Waals surface area contributed by atoms with E-state index in [1.807, 2.05) is 0 Å². The number of nitrogens with one attached hydrogen (secondary N) is 2. The molecule has 0 radical (unpaired) electrons. The molecular formula is C14H22N2O4. The molecule has 0 atom stereocenters. The topological polar surface area (TPSA) is 95.5 Å². The Bertz CT molecular complexity index is 411. The van der Waals surface area contributed by atoms with Gasteiger partial charge in [0.25, 0.3) is 0 Å². The van der Waals surface area contributed by atoms with E-state index in [-0.39, 0.29) is 12.8 Å². The first-order valence-electron chi connectivity index (χ1n) is 6.77. The molecule has 0 unspecified atom stereocenters. The minimum atomic E-state index is -0.897. The maximum Gasteiger partial charge on any atom is 0.321 e. The van der Waals surface area contributed by atoms with Gasteiger partial charge >= 0.3 is 12.0 Å². The average Bonchev–Trinajstić information content (AvgIpc) is 2.73. The molecule has 0 spiro atoms. The zero-order chi connectivity index (χ0) is 15.2. The van der Waals surface area contributed by atoms with Crippen molar-refractivity contribution in [2.24, 2.45) is 5.41 Å². The summed E-state index contributed by atoms with van der Waals surface area (Å²) in [6, 6.07) is -0.568. The molecule has 1 saturated carbocycles. The molecule has 0 bridgehead atoms. The first kappa shape index (κ1) is 16.2. The second-order valence-corrected chi connectivity index (χ2v) is 5.64. The third-order valence-corrected chi connectivity index (χ3v) is 3.53. The maximum atomic E-state index is 11.9. The van der Waals surface area contributed by atoms with Crippen LogP contribution in [0.5, 0.6) is 0 Å². The van der Waals surface area contributed by atoms with Crippen LogP contribution in [-0.2, 0) is 9.59 Å². The third kappa shape index (κ3) is 5.42. The number of aliphatic carboxylic acids is 1. The summed E-state index contributed by atoms with van der Waals surface area (Å²) in [6.45, 7) is 5.71. The van der Waals surface area contributed by atoms with E-state index < -0.39 is 23.3 Å². The standard InChI is InChI=1S/C14H22N2O4/c1-10(2)9-15-13(20)16-11(17)7-14(8-12(18)19)5-3-4-6-14/h1,3-9H2,2H3,(H,18,19)(H2,15,16,17,20). The average molecular weight is 282 g/mol. The van der Waals surface area contributed by atoms with Crippen LogP contribution in [0.2, 0.25) is 0 Å². The molecule has 1 fully saturated rings. The summed E-state index contributed by atoms with van der Waals surface area (Å²) in [4.78, 5) is 34.2. The minimum Gasteiger partial charge on any atom is -0.481 e. The van der Waals surface area contributed by atoms with E-state index in [2.05, 4.69) is 17.2 Å². The van der Waals surface area contributed by atoms with Crippen molar-refractivity contribution in [3.05, 3.63) is 12.2 Å². The van der Waals surface area contributed by atoms with Crippen molar-refractivity contribution in [1.29, 1.82) is 0 Å². The molecule has 3 N–H and O–H groups in total. The highest BCUT2D eigenvalue weighted by molar-refractivity contribution is 5.94. The van der Waals surface area contributed by atoms with Crippen LogP contribution in [0.1, 0.15) is 45.4 Å². The molecule has 112 valence electrons. The molecule has 1 aliphatic carbocycles. The molecule has 0 heterocycles. The van der Waals surface area contributed by atoms with Crippen LogP contribution < -0.4 is 10.6 Å². The molecule has 6 nitrogen and oxygen atoms in total. The molecule has 1 aliphatic rings. The van der Waals surface area contributed by atoms with Gasteiger partial charge in [-0.2, -0.15) is 0 Å². The van der Waals surface area contributed by atoms with Crippen molar-refractivity contribution in [2.45, 2.75) is 45.4 Å². The van der Waals surface area contributed by atoms with Gasteiger partial charge in [-0.25, -0.2) is 4.79 Å². The molecule has 20 heavy (non-hydrogen) atoms. The molecular weight excluding hydrogens is 260 g/mol. The smallest absolute Gasteiger partial charge is 0.321 e. The highest BCUT2D eigenvalue weighted by Crippen LogP contribution is 2.43. The fraction of sp³-hybridized carbons (Fsp3) is 0.643. The predicted molar refractivity (Wildman–Crippen MR) is 74.1 cm³/mol. The Hall–Kier alpha value is -1.85. The third-order valence-electron chi connectivity index (χ3n) is 3.53. The Morgan fingerprint density at radius 2 is 1.80 bits per heavy atom. The largest absolute Gasteiger partial charge is 0.481 e. The quantitative estimate of drug-likeness (QED) is 0.647. The van der Waals surface area contributed by atoms with Gasteiger partial charge in [-0.3, -0.25) is 14.9 Å². The zero-order valence-corrected chi connectivity index (χ0v) is 11.8. The lowest BCUT2D eigenvalue weighted by Gasteiger charge is -2.26. The Labute approximate surface area is 118 Å². The van der Waals surface area contributed by atoms with Crippen LogP contribution in [-0.4, -0.2) is 29.6 Å². The second-order valence-electron chi connectivity index (χ2n) is 5.64. The van der Waals surface area contributed by atoms with Crippen LogP contribution in [0.4, 0.5) is 4.79 Å². The first-order chi connectivity index (χ1) is 9.33. The molecule has 3 amide bonds. The van der Waals surface area contributed by atoms with Crippen molar-refractivity contribution in [3.63, 3.8) is 0 Å². The first-order valence-corrected chi connectivity index (χ1v) is 6.77. The number of rotatable bonds is 6. The lowest BCUT2D eigenvalue weighted by molar-refractivity contribution is -0.140. The summed E-state index contributed by atoms with van der Waals surface area (Å²) in [7, 11) is 0. The fourth-order valence-electron chi connectivity index (χ4n) is 2.65. The fourth-order valence-corrected chi connectivity index (χ4v) is 2.65. The van der Waals surface area contributed by atoms with Gasteiger partial charge in [0.1, 0.15) is 0 Å². The summed E-state index contributed by atoms with van der Waals surface area (Å²) in [5.41, 5.74) is 0.288. The highest BCUT2D eigenvalue weighted by Gasteiger charge is 2.38. The molecule has 6 heteroatoms. The van der Waals surface area contributed by atoms with E-state index in [0.29, 0.717) is 6.54 Å². The highest BCUT2D eigenvalue weighted by atomic mass is 16.4. The Kier molecular flexibility index (Phi) is 5.73. The molecule has 0 aromatic carbocycles. The normalized spacial score (nSPS) is 16.4. The van der Waals surface area contributed by atoms with E-state index in [1.165, 1.54) is 0 Å². The number of urea groups is 1. The summed E-state index contributed by atoms with van der Waals surface area (Å²) >= 11 is 0. The van der Waals surface area contributed by atoms with Crippen molar-refractivity contribution in [2.75, 3.05) is 6.54 Å². The second kappa shape index (κ2) is 7.07. The van der Waals surface area contributed by atoms with Gasteiger partial charge in [0, 0.05) is 13.0 Å². The number of amides is 3. The molecule has 0 saturated heterocycles. The van der Waals surface area contributed by atoms with Gasteiger partial charge in [0.15, 0.2) is 0 Å². The maximum absolute atomic E-state index is 11.9. The number of hydrogen-bond donors (Lipinski definition) is 3. The summed E-state index contributed by atoms with van der Waals surface area (Å²) in [6.07, 6.45) is 3.37. The number of imide groups is 1. The van der Waals surface area contributed by atoms with Crippen LogP contribution in [0.3, 0.4) is 0 Å². The van der Waals surface area contributed by atoms with E-state index in [9.17, 15) is 14.4 Å². The van der Waals surface area contributed by atoms with E-state index in [4.69, 9.17) is 5.11 Å². The number of carbonyl (C=O) groups excluding carboxylic acids is 2. The SMILES string of the molecule is C=C(C)CNC(=O)NC(=O)CC1(CC(=O)O)CCCC1. The number of carbonyl (C=O) groups is 3. The van der Waals surface area contributed by atoms with Crippen LogP contribution >= 0.6 is 0 Å². The molecule has 0 aromatic rings. The molecule has 0 aromatic heterocycles. The summed E-state index contributed by atoms with van der Waals surface area (Å²) in [5, 5.41) is 13.7. The number of hydrogen-bond acceptors (Lipinski definition) is 3. The number of carboxylic acids is 1. The van der Waals surface area contributed by atoms with E-state index in [1.54, 1.807) is 6.92 Å². The van der Waals surface area contributed by atoms with Gasteiger partial charge in [-0.05, 0) is 25.2 Å². The van der Waals surface area contributed by atoms with Crippen LogP contribution in [0, 0.1) is 5.41 Å². The number of carboxylic acid groups (broad SMARTS) is 1. The van der Waals surface area contributed by atoms with Gasteiger partial charge in [0.2, 0.25) is 5.91 Å². The van der Waals surface area contributed by atoms with Gasteiger partial charge in [-0.15, -0.1) is 0 Å². The predicted octanol–water partition coefficient (Wildman–Crippen LogP) is 1.81. The van der Waals surface area contributed by atoms with Crippen molar-refractivity contribution < 1.29 is 19.5 Å². The summed E-state index contributed by atoms with van der Waals surface area (Å²) in [5.74, 6) is -1.32. The summed E-state index contributed by atoms with van der Waals surface area (Å²) < 4.78 is 0. The molecule has 1 rings (SSSR count). The monoisotopic (exact) mass is 282 g/mol. The van der Waals surface area contributed by atoms with Gasteiger partial charge < -0.3 is 10.4 Å². The molecule has 0 aliphatic heterocycles. The Morgan fingerprint density at radius 3 is 2.30 bits per heavy atom. The van der Waals surface area contributed by atoms with Crippen molar-refractivity contribution in [3.8, 4) is 0 Å². The van der Waals surface area contributed by atoms with Crippen molar-refractivity contribution in [1.82, 2.24) is 10.6 Å². The lowest BCUT2D eigenvalue weighted by Crippen LogP contribution is -2.42. The Morgan fingerprint density at radius 1 is 1.20 bits per heavy atom. The van der Waals surface area contributed by atoms with E-state index >= 15 is 0 Å². The van der Waals surface area contributed by atoms with E-state index in [0.717, 1.165) is 31.3 Å². The van der Waals surface area contributed by atoms with Gasteiger partial charge in [0.05, 0.1) is 6.42 Å². The van der Waals surface area contributed by atoms with Crippen LogP contribution in [0.15, 0.2) is 12.2 Å². The Balaban J connectivity index is 2.48.